The number of likely N-dealkylation sites (N-methyl/N-ethyl adjacent to an activating group) is 1. The molecule has 0 radical (unpaired) electrons. The maximum atomic E-state index is 11.5. The first kappa shape index (κ1) is 20.3. The Kier molecular flexibility index (Phi) is 7.24. The summed E-state index contributed by atoms with van der Waals surface area (Å²) in [6.45, 7) is 7.40. The predicted octanol–water partition coefficient (Wildman–Crippen LogP) is 1.60. The molecule has 2 N–H and O–H groups in total. The number of likely N-dealkylation sites (tertiary alicyclic amines) is 1. The summed E-state index contributed by atoms with van der Waals surface area (Å²) in [5, 5.41) is 18.8. The molecule has 6 nitrogen and oxygen atoms in total. The summed E-state index contributed by atoms with van der Waals surface area (Å²) in [6, 6.07) is 7.91. The van der Waals surface area contributed by atoms with Crippen molar-refractivity contribution in [1.82, 2.24) is 14.7 Å². The van der Waals surface area contributed by atoms with E-state index in [-0.39, 0.29) is 6.61 Å². The first-order valence-electron chi connectivity index (χ1n) is 10.2. The van der Waals surface area contributed by atoms with Gasteiger partial charge in [0.25, 0.3) is 0 Å². The summed E-state index contributed by atoms with van der Waals surface area (Å²) < 4.78 is 0. The Morgan fingerprint density at radius 1 is 1.15 bits per heavy atom. The maximum absolute atomic E-state index is 11.5. The maximum Gasteiger partial charge on any atom is 0.336 e. The van der Waals surface area contributed by atoms with Crippen molar-refractivity contribution in [1.29, 1.82) is 0 Å². The lowest BCUT2D eigenvalue weighted by Gasteiger charge is -2.46. The van der Waals surface area contributed by atoms with Gasteiger partial charge in [-0.15, -0.1) is 0 Å². The van der Waals surface area contributed by atoms with Gasteiger partial charge in [0.1, 0.15) is 0 Å². The van der Waals surface area contributed by atoms with Gasteiger partial charge in [-0.1, -0.05) is 18.2 Å². The molecule has 2 heterocycles. The third-order valence-corrected chi connectivity index (χ3v) is 6.16. The number of carboxylic acid groups (broad SMARTS) is 1. The van der Waals surface area contributed by atoms with Crippen LogP contribution in [-0.2, 0) is 6.54 Å². The fourth-order valence-electron chi connectivity index (χ4n) is 4.62. The number of aliphatic hydroxyl groups excluding tert-OH is 1. The van der Waals surface area contributed by atoms with E-state index in [4.69, 9.17) is 0 Å². The second kappa shape index (κ2) is 9.64. The molecule has 2 aliphatic rings. The van der Waals surface area contributed by atoms with Crippen LogP contribution in [0.1, 0.15) is 35.2 Å². The lowest BCUT2D eigenvalue weighted by molar-refractivity contribution is 0.0210. The van der Waals surface area contributed by atoms with Crippen LogP contribution in [-0.4, -0.2) is 89.8 Å². The van der Waals surface area contributed by atoms with Gasteiger partial charge in [0, 0.05) is 51.9 Å². The van der Waals surface area contributed by atoms with Crippen LogP contribution in [0.15, 0.2) is 24.3 Å². The molecule has 2 fully saturated rings. The Labute approximate surface area is 162 Å². The molecule has 2 atom stereocenters. The zero-order chi connectivity index (χ0) is 19.2. The molecule has 1 aromatic carbocycles. The molecule has 1 aromatic rings. The lowest BCUT2D eigenvalue weighted by atomic mass is 9.86. The van der Waals surface area contributed by atoms with E-state index >= 15 is 0 Å². The van der Waals surface area contributed by atoms with E-state index in [9.17, 15) is 15.0 Å². The summed E-state index contributed by atoms with van der Waals surface area (Å²) >= 11 is 0. The van der Waals surface area contributed by atoms with E-state index in [1.807, 2.05) is 12.1 Å². The van der Waals surface area contributed by atoms with E-state index in [0.717, 1.165) is 64.1 Å². The minimum Gasteiger partial charge on any atom is -0.478 e. The molecule has 2 saturated heterocycles. The van der Waals surface area contributed by atoms with Crippen molar-refractivity contribution in [2.45, 2.75) is 31.8 Å². The molecule has 2 aliphatic heterocycles. The summed E-state index contributed by atoms with van der Waals surface area (Å²) in [5.74, 6) is -0.318. The average molecular weight is 376 g/mol. The van der Waals surface area contributed by atoms with E-state index in [2.05, 4.69) is 21.7 Å². The fraction of sp³-hybridized carbons (Fsp3) is 0.667. The van der Waals surface area contributed by atoms with Crippen LogP contribution in [0.4, 0.5) is 0 Å². The number of piperazine rings is 1. The smallest absolute Gasteiger partial charge is 0.336 e. The summed E-state index contributed by atoms with van der Waals surface area (Å²) in [4.78, 5) is 18.9. The third kappa shape index (κ3) is 5.29. The van der Waals surface area contributed by atoms with E-state index < -0.39 is 5.97 Å². The molecule has 0 spiro atoms. The fourth-order valence-corrected chi connectivity index (χ4v) is 4.62. The number of benzene rings is 1. The standard InChI is InChI=1S/C21H33N3O3/c1-22-10-12-24(13-11-22)20-8-9-23(16-18(20)6-4-14-25)15-17-5-2-3-7-19(17)21(26)27/h2-3,5,7,18,20,25H,4,6,8-16H2,1H3,(H,26,27)/t18-,20+/m0/s1. The number of aromatic carboxylic acids is 1. The van der Waals surface area contributed by atoms with Crippen LogP contribution >= 0.6 is 0 Å². The Morgan fingerprint density at radius 2 is 1.89 bits per heavy atom. The summed E-state index contributed by atoms with van der Waals surface area (Å²) in [6.07, 6.45) is 2.99. The number of hydrogen-bond acceptors (Lipinski definition) is 5. The van der Waals surface area contributed by atoms with Crippen molar-refractivity contribution < 1.29 is 15.0 Å². The molecule has 0 bridgehead atoms. The van der Waals surface area contributed by atoms with Gasteiger partial charge in [-0.25, -0.2) is 4.79 Å². The second-order valence-electron chi connectivity index (χ2n) is 8.02. The van der Waals surface area contributed by atoms with Gasteiger partial charge < -0.3 is 15.1 Å². The lowest BCUT2D eigenvalue weighted by Crippen LogP contribution is -2.56. The number of rotatable bonds is 7. The van der Waals surface area contributed by atoms with Gasteiger partial charge in [-0.05, 0) is 50.4 Å². The largest absolute Gasteiger partial charge is 0.478 e. The number of piperidine rings is 1. The normalized spacial score (nSPS) is 25.6. The number of carbonyl (C=O) groups is 1. The molecular weight excluding hydrogens is 342 g/mol. The van der Waals surface area contributed by atoms with Crippen LogP contribution in [0, 0.1) is 5.92 Å². The molecule has 6 heteroatoms. The highest BCUT2D eigenvalue weighted by Crippen LogP contribution is 2.28. The Hall–Kier alpha value is -1.47. The van der Waals surface area contributed by atoms with Gasteiger partial charge in [-0.2, -0.15) is 0 Å². The molecule has 27 heavy (non-hydrogen) atoms. The van der Waals surface area contributed by atoms with Gasteiger partial charge >= 0.3 is 5.97 Å². The number of hydrogen-bond donors (Lipinski definition) is 2. The van der Waals surface area contributed by atoms with E-state index in [1.165, 1.54) is 0 Å². The van der Waals surface area contributed by atoms with Crippen molar-refractivity contribution in [3.63, 3.8) is 0 Å². The van der Waals surface area contributed by atoms with Crippen LogP contribution in [0.25, 0.3) is 0 Å². The van der Waals surface area contributed by atoms with Crippen LogP contribution in [0.2, 0.25) is 0 Å². The van der Waals surface area contributed by atoms with Crippen molar-refractivity contribution in [2.75, 3.05) is 52.9 Å². The zero-order valence-corrected chi connectivity index (χ0v) is 16.4. The molecule has 150 valence electrons. The highest BCUT2D eigenvalue weighted by molar-refractivity contribution is 5.89. The summed E-state index contributed by atoms with van der Waals surface area (Å²) in [7, 11) is 2.18. The first-order valence-corrected chi connectivity index (χ1v) is 10.2. The molecular formula is C21H33N3O3. The highest BCUT2D eigenvalue weighted by Gasteiger charge is 2.34. The van der Waals surface area contributed by atoms with Crippen LogP contribution in [0.5, 0.6) is 0 Å². The topological polar surface area (TPSA) is 67.2 Å². The SMILES string of the molecule is CN1CCN([C@@H]2CCN(Cc3ccccc3C(=O)O)C[C@@H]2CCCO)CC1. The van der Waals surface area contributed by atoms with Crippen LogP contribution < -0.4 is 0 Å². The molecule has 0 aliphatic carbocycles. The average Bonchev–Trinajstić information content (AvgIpc) is 2.67. The molecule has 0 saturated carbocycles. The van der Waals surface area contributed by atoms with Gasteiger partial charge in [0.15, 0.2) is 0 Å². The second-order valence-corrected chi connectivity index (χ2v) is 8.02. The van der Waals surface area contributed by atoms with Gasteiger partial charge in [0.05, 0.1) is 5.56 Å². The minimum atomic E-state index is -0.852. The number of aliphatic hydroxyl groups is 1. The third-order valence-electron chi connectivity index (χ3n) is 6.16. The van der Waals surface area contributed by atoms with Crippen molar-refractivity contribution in [2.24, 2.45) is 5.92 Å². The van der Waals surface area contributed by atoms with E-state index in [0.29, 0.717) is 24.1 Å². The van der Waals surface area contributed by atoms with E-state index in [1.54, 1.807) is 12.1 Å². The zero-order valence-electron chi connectivity index (χ0n) is 16.4. The Morgan fingerprint density at radius 3 is 2.59 bits per heavy atom. The van der Waals surface area contributed by atoms with Crippen molar-refractivity contribution in [3.05, 3.63) is 35.4 Å². The Balaban J connectivity index is 1.66. The van der Waals surface area contributed by atoms with Gasteiger partial charge in [0.2, 0.25) is 0 Å². The van der Waals surface area contributed by atoms with Gasteiger partial charge in [-0.3, -0.25) is 9.80 Å². The van der Waals surface area contributed by atoms with Crippen molar-refractivity contribution in [3.8, 4) is 0 Å². The first-order chi connectivity index (χ1) is 13.1. The van der Waals surface area contributed by atoms with Crippen molar-refractivity contribution >= 4 is 5.97 Å². The molecule has 3 rings (SSSR count). The minimum absolute atomic E-state index is 0.244. The highest BCUT2D eigenvalue weighted by atomic mass is 16.4. The molecule has 0 amide bonds. The summed E-state index contributed by atoms with van der Waals surface area (Å²) in [5.41, 5.74) is 1.30. The quantitative estimate of drug-likeness (QED) is 0.755. The monoisotopic (exact) mass is 375 g/mol. The molecule has 0 aromatic heterocycles. The molecule has 0 unspecified atom stereocenters. The Bertz CT molecular complexity index is 616. The number of carboxylic acids is 1. The van der Waals surface area contributed by atoms with Crippen LogP contribution in [0.3, 0.4) is 0 Å². The number of nitrogens with zero attached hydrogens (tertiary/aromatic N) is 3. The predicted molar refractivity (Wildman–Crippen MR) is 106 cm³/mol.